The molecule has 0 spiro atoms. The van der Waals surface area contributed by atoms with Crippen LogP contribution in [0.4, 0.5) is 0 Å². The molecule has 9 heteroatoms. The molecule has 2 saturated carbocycles. The second kappa shape index (κ2) is 7.80. The lowest BCUT2D eigenvalue weighted by molar-refractivity contribution is -0.316. The van der Waals surface area contributed by atoms with E-state index in [2.05, 4.69) is 0 Å². The number of carbonyl (C=O) groups excluding carboxylic acids is 4. The smallest absolute Gasteiger partial charge is 0.306 e. The van der Waals surface area contributed by atoms with Gasteiger partial charge in [0.05, 0.1) is 19.6 Å². The number of aliphatic hydroxyl groups is 1. The van der Waals surface area contributed by atoms with Gasteiger partial charge in [0, 0.05) is 36.5 Å². The highest BCUT2D eigenvalue weighted by Crippen LogP contribution is 2.69. The van der Waals surface area contributed by atoms with Crippen LogP contribution in [0.1, 0.15) is 54.4 Å². The summed E-state index contributed by atoms with van der Waals surface area (Å²) in [5, 5.41) is 11.9. The molecule has 4 rings (SSSR count). The number of hydrogen-bond donors (Lipinski definition) is 1. The fourth-order valence-electron chi connectivity index (χ4n) is 8.00. The monoisotopic (exact) mass is 478 g/mol. The number of hydrogen-bond acceptors (Lipinski definition) is 9. The first-order valence-corrected chi connectivity index (χ1v) is 11.8. The van der Waals surface area contributed by atoms with Crippen molar-refractivity contribution in [2.24, 2.45) is 34.5 Å². The van der Waals surface area contributed by atoms with Gasteiger partial charge in [-0.3, -0.25) is 19.2 Å². The van der Waals surface area contributed by atoms with Crippen LogP contribution in [0.25, 0.3) is 0 Å². The van der Waals surface area contributed by atoms with Crippen molar-refractivity contribution in [2.75, 3.05) is 7.11 Å². The number of methoxy groups -OCH3 is 1. The van der Waals surface area contributed by atoms with Gasteiger partial charge in [0.2, 0.25) is 5.78 Å². The van der Waals surface area contributed by atoms with Gasteiger partial charge in [-0.05, 0) is 31.3 Å². The Morgan fingerprint density at radius 1 is 1.15 bits per heavy atom. The number of aliphatic hydroxyl groups excluding tert-OH is 1. The second-order valence-corrected chi connectivity index (χ2v) is 10.9. The number of rotatable bonds is 3. The van der Waals surface area contributed by atoms with E-state index in [9.17, 15) is 24.3 Å². The Bertz CT molecular complexity index is 971. The van der Waals surface area contributed by atoms with Crippen molar-refractivity contribution in [3.8, 4) is 0 Å². The van der Waals surface area contributed by atoms with Crippen molar-refractivity contribution in [2.45, 2.75) is 78.3 Å². The maximum atomic E-state index is 13.8. The van der Waals surface area contributed by atoms with E-state index in [1.807, 2.05) is 20.8 Å². The minimum Gasteiger partial charge on any atom is -0.493 e. The maximum absolute atomic E-state index is 13.8. The van der Waals surface area contributed by atoms with Crippen LogP contribution in [-0.2, 0) is 38.1 Å². The van der Waals surface area contributed by atoms with Gasteiger partial charge in [-0.25, -0.2) is 0 Å². The van der Waals surface area contributed by atoms with Crippen molar-refractivity contribution in [3.63, 3.8) is 0 Å². The average molecular weight is 479 g/mol. The normalized spacial score (nSPS) is 47.4. The summed E-state index contributed by atoms with van der Waals surface area (Å²) in [7, 11) is 1.44. The molecule has 188 valence electrons. The summed E-state index contributed by atoms with van der Waals surface area (Å²) in [6.45, 7) is 9.71. The highest BCUT2D eigenvalue weighted by atomic mass is 16.6. The van der Waals surface area contributed by atoms with E-state index >= 15 is 0 Å². The maximum Gasteiger partial charge on any atom is 0.306 e. The zero-order valence-electron chi connectivity index (χ0n) is 20.7. The van der Waals surface area contributed by atoms with E-state index in [0.717, 1.165) is 0 Å². The van der Waals surface area contributed by atoms with E-state index in [1.54, 1.807) is 13.0 Å². The molecular formula is C25H34O9. The molecule has 4 aliphatic rings. The summed E-state index contributed by atoms with van der Waals surface area (Å²) in [5.41, 5.74) is -3.54. The van der Waals surface area contributed by atoms with Crippen LogP contribution in [-0.4, -0.2) is 59.8 Å². The van der Waals surface area contributed by atoms with Gasteiger partial charge >= 0.3 is 17.9 Å². The molecule has 0 bridgehead atoms. The topological polar surface area (TPSA) is 125 Å². The van der Waals surface area contributed by atoms with Gasteiger partial charge in [0.1, 0.15) is 6.10 Å². The summed E-state index contributed by atoms with van der Waals surface area (Å²) in [5.74, 6) is -3.53. The van der Waals surface area contributed by atoms with Gasteiger partial charge in [-0.1, -0.05) is 20.8 Å². The summed E-state index contributed by atoms with van der Waals surface area (Å²) in [4.78, 5) is 51.0. The second-order valence-electron chi connectivity index (χ2n) is 10.9. The highest BCUT2D eigenvalue weighted by Gasteiger charge is 2.77. The lowest BCUT2D eigenvalue weighted by Gasteiger charge is -2.69. The minimum absolute atomic E-state index is 0.0950. The van der Waals surface area contributed by atoms with Crippen LogP contribution in [0.5, 0.6) is 0 Å². The largest absolute Gasteiger partial charge is 0.493 e. The minimum atomic E-state index is -1.51. The van der Waals surface area contributed by atoms with E-state index in [4.69, 9.17) is 18.9 Å². The molecule has 1 aliphatic heterocycles. The molecule has 0 aromatic heterocycles. The molecule has 0 aromatic rings. The van der Waals surface area contributed by atoms with Gasteiger partial charge in [0.25, 0.3) is 0 Å². The average Bonchev–Trinajstić information content (AvgIpc) is 2.72. The van der Waals surface area contributed by atoms with Crippen LogP contribution < -0.4 is 0 Å². The van der Waals surface area contributed by atoms with Crippen molar-refractivity contribution >= 4 is 23.7 Å². The molecule has 10 atom stereocenters. The number of Topliss-reactive ketones (excluding diaryl/α,β-unsaturated/α-hetero) is 1. The zero-order valence-corrected chi connectivity index (χ0v) is 20.7. The first-order chi connectivity index (χ1) is 15.7. The lowest BCUT2D eigenvalue weighted by atomic mass is 9.37. The third kappa shape index (κ3) is 3.08. The van der Waals surface area contributed by atoms with Gasteiger partial charge in [-0.15, -0.1) is 0 Å². The van der Waals surface area contributed by atoms with Crippen LogP contribution in [0.2, 0.25) is 0 Å². The third-order valence-electron chi connectivity index (χ3n) is 9.19. The van der Waals surface area contributed by atoms with Crippen molar-refractivity contribution < 1.29 is 43.2 Å². The van der Waals surface area contributed by atoms with Crippen LogP contribution in [0, 0.1) is 34.5 Å². The Hall–Kier alpha value is -2.42. The fraction of sp³-hybridized carbons (Fsp3) is 0.760. The molecule has 1 saturated heterocycles. The molecule has 34 heavy (non-hydrogen) atoms. The van der Waals surface area contributed by atoms with E-state index < -0.39 is 64.5 Å². The first-order valence-electron chi connectivity index (χ1n) is 11.8. The standard InChI is InChI=1S/C25H34O9/c1-11-8-15(31-7)21(30)23(4)14(11)9-17-24(5)16(10-18(28)33-17)25(6,34-13(3)27)22(32-12(2)26)19(29)20(23)24/h8,11,14,16-17,19-20,22,29H,9-10H2,1-7H3. The Morgan fingerprint density at radius 3 is 2.35 bits per heavy atom. The van der Waals surface area contributed by atoms with Crippen LogP contribution >= 0.6 is 0 Å². The molecular weight excluding hydrogens is 444 g/mol. The van der Waals surface area contributed by atoms with Crippen molar-refractivity contribution in [1.82, 2.24) is 0 Å². The number of ketones is 1. The number of ether oxygens (including phenoxy) is 4. The SMILES string of the molecule is COC1=CC(C)C2CC3OC(=O)CC4C(C)(OC(C)=O)C(OC(C)=O)C(O)C(C2(C)C1=O)C34C. The number of fused-ring (bicyclic) bond motifs is 2. The third-order valence-corrected chi connectivity index (χ3v) is 9.19. The quantitative estimate of drug-likeness (QED) is 0.478. The van der Waals surface area contributed by atoms with Crippen molar-refractivity contribution in [3.05, 3.63) is 11.8 Å². The highest BCUT2D eigenvalue weighted by molar-refractivity contribution is 5.99. The molecule has 10 unspecified atom stereocenters. The Kier molecular flexibility index (Phi) is 5.66. The predicted octanol–water partition coefficient (Wildman–Crippen LogP) is 1.94. The van der Waals surface area contributed by atoms with Crippen molar-refractivity contribution in [1.29, 1.82) is 0 Å². The van der Waals surface area contributed by atoms with E-state index in [1.165, 1.54) is 21.0 Å². The summed E-state index contributed by atoms with van der Waals surface area (Å²) >= 11 is 0. The summed E-state index contributed by atoms with van der Waals surface area (Å²) < 4.78 is 22.7. The molecule has 0 amide bonds. The summed E-state index contributed by atoms with van der Waals surface area (Å²) in [6.07, 6.45) is -1.17. The fourth-order valence-corrected chi connectivity index (χ4v) is 8.00. The lowest BCUT2D eigenvalue weighted by Crippen LogP contribution is -2.78. The molecule has 1 N–H and O–H groups in total. The van der Waals surface area contributed by atoms with Gasteiger partial charge < -0.3 is 24.1 Å². The zero-order chi connectivity index (χ0) is 25.4. The van der Waals surface area contributed by atoms with E-state index in [-0.39, 0.29) is 29.8 Å². The Morgan fingerprint density at radius 2 is 1.79 bits per heavy atom. The molecule has 0 aromatic carbocycles. The van der Waals surface area contributed by atoms with E-state index in [0.29, 0.717) is 6.42 Å². The molecule has 3 aliphatic carbocycles. The molecule has 9 nitrogen and oxygen atoms in total. The Balaban J connectivity index is 1.98. The molecule has 0 radical (unpaired) electrons. The number of carbonyl (C=O) groups is 4. The van der Waals surface area contributed by atoms with Gasteiger partial charge in [-0.2, -0.15) is 0 Å². The van der Waals surface area contributed by atoms with Gasteiger partial charge in [0.15, 0.2) is 17.5 Å². The Labute approximate surface area is 199 Å². The predicted molar refractivity (Wildman–Crippen MR) is 117 cm³/mol. The van der Waals surface area contributed by atoms with Crippen LogP contribution in [0.3, 0.4) is 0 Å². The number of esters is 3. The number of allylic oxidation sites excluding steroid dienone is 2. The summed E-state index contributed by atoms with van der Waals surface area (Å²) in [6, 6.07) is 0. The molecule has 3 fully saturated rings. The first kappa shape index (κ1) is 24.7. The van der Waals surface area contributed by atoms with Crippen LogP contribution in [0.15, 0.2) is 11.8 Å². The molecule has 1 heterocycles.